The first-order valence-corrected chi connectivity index (χ1v) is 10.1. The van der Waals surface area contributed by atoms with Crippen LogP contribution in [0.4, 0.5) is 0 Å². The largest absolute Gasteiger partial charge is 0.457 e. The molecule has 1 N–H and O–H groups in total. The lowest BCUT2D eigenvalue weighted by Gasteiger charge is -2.42. The highest BCUT2D eigenvalue weighted by atomic mass is 16.5. The SMILES string of the molecule is CC(CC(=O)NC1c2ccccc2Oc2ccccc21)[N+]1(C)CCCCC1. The van der Waals surface area contributed by atoms with Gasteiger partial charge < -0.3 is 14.5 Å². The lowest BCUT2D eigenvalue weighted by Crippen LogP contribution is -2.55. The number of para-hydroxylation sites is 2. The fraction of sp³-hybridized carbons (Fsp3) is 0.435. The Hall–Kier alpha value is -2.33. The normalized spacial score (nSPS) is 19.3. The van der Waals surface area contributed by atoms with Crippen molar-refractivity contribution in [2.75, 3.05) is 20.1 Å². The summed E-state index contributed by atoms with van der Waals surface area (Å²) in [7, 11) is 2.30. The number of benzene rings is 2. The minimum Gasteiger partial charge on any atom is -0.457 e. The van der Waals surface area contributed by atoms with Gasteiger partial charge in [-0.2, -0.15) is 0 Å². The summed E-state index contributed by atoms with van der Waals surface area (Å²) < 4.78 is 7.04. The molecule has 2 aliphatic rings. The van der Waals surface area contributed by atoms with Gasteiger partial charge in [0.1, 0.15) is 11.5 Å². The minimum atomic E-state index is -0.155. The lowest BCUT2D eigenvalue weighted by molar-refractivity contribution is -0.935. The van der Waals surface area contributed by atoms with Crippen LogP contribution < -0.4 is 10.1 Å². The molecule has 1 saturated heterocycles. The monoisotopic (exact) mass is 365 g/mol. The molecule has 1 unspecified atom stereocenters. The molecule has 4 heteroatoms. The number of hydrogen-bond acceptors (Lipinski definition) is 2. The molecular weight excluding hydrogens is 336 g/mol. The van der Waals surface area contributed by atoms with Gasteiger partial charge in [0.2, 0.25) is 5.91 Å². The quantitative estimate of drug-likeness (QED) is 0.815. The number of fused-ring (bicyclic) bond motifs is 2. The summed E-state index contributed by atoms with van der Waals surface area (Å²) in [5.74, 6) is 1.76. The number of amides is 1. The molecule has 2 aliphatic heterocycles. The van der Waals surface area contributed by atoms with Crippen molar-refractivity contribution in [1.29, 1.82) is 0 Å². The maximum atomic E-state index is 13.0. The van der Waals surface area contributed by atoms with Crippen molar-refractivity contribution in [3.8, 4) is 11.5 Å². The number of carbonyl (C=O) groups is 1. The number of piperidine rings is 1. The third-order valence-electron chi connectivity index (χ3n) is 6.37. The van der Waals surface area contributed by atoms with Gasteiger partial charge in [0, 0.05) is 11.1 Å². The van der Waals surface area contributed by atoms with Gasteiger partial charge in [0.05, 0.1) is 38.6 Å². The van der Waals surface area contributed by atoms with Crippen LogP contribution in [0, 0.1) is 0 Å². The molecule has 2 aromatic rings. The van der Waals surface area contributed by atoms with E-state index in [9.17, 15) is 4.79 Å². The van der Waals surface area contributed by atoms with Gasteiger partial charge in [-0.05, 0) is 38.3 Å². The van der Waals surface area contributed by atoms with E-state index in [1.165, 1.54) is 32.4 Å². The smallest absolute Gasteiger partial charge is 0.226 e. The van der Waals surface area contributed by atoms with E-state index < -0.39 is 0 Å². The molecule has 142 valence electrons. The number of nitrogens with zero attached hydrogens (tertiary/aromatic N) is 1. The van der Waals surface area contributed by atoms with Crippen LogP contribution in [0.3, 0.4) is 0 Å². The second-order valence-corrected chi connectivity index (χ2v) is 8.22. The minimum absolute atomic E-state index is 0.115. The molecule has 1 fully saturated rings. The standard InChI is InChI=1S/C23H28N2O2/c1-17(25(2)14-8-3-9-15-25)16-22(26)24-23-18-10-4-6-12-20(18)27-21-13-7-5-11-19(21)23/h4-7,10-13,17,23H,3,8-9,14-16H2,1-2H3/p+1. The molecule has 27 heavy (non-hydrogen) atoms. The predicted octanol–water partition coefficient (Wildman–Crippen LogP) is 4.41. The van der Waals surface area contributed by atoms with Gasteiger partial charge in [-0.1, -0.05) is 36.4 Å². The Morgan fingerprint density at radius 1 is 1.04 bits per heavy atom. The first kappa shape index (κ1) is 18.1. The molecule has 0 aliphatic carbocycles. The molecule has 0 radical (unpaired) electrons. The zero-order chi connectivity index (χ0) is 18.9. The van der Waals surface area contributed by atoms with Gasteiger partial charge in [-0.25, -0.2) is 0 Å². The fourth-order valence-electron chi connectivity index (χ4n) is 4.45. The molecule has 0 spiro atoms. The van der Waals surface area contributed by atoms with E-state index in [-0.39, 0.29) is 11.9 Å². The van der Waals surface area contributed by atoms with Crippen LogP contribution in [0.2, 0.25) is 0 Å². The van der Waals surface area contributed by atoms with Crippen LogP contribution in [-0.2, 0) is 4.79 Å². The molecule has 0 bridgehead atoms. The number of likely N-dealkylation sites (tertiary alicyclic amines) is 1. The lowest BCUT2D eigenvalue weighted by atomic mass is 9.94. The van der Waals surface area contributed by atoms with E-state index in [0.29, 0.717) is 12.5 Å². The first-order chi connectivity index (χ1) is 13.1. The van der Waals surface area contributed by atoms with Gasteiger partial charge in [0.15, 0.2) is 0 Å². The van der Waals surface area contributed by atoms with Gasteiger partial charge in [0.25, 0.3) is 0 Å². The summed E-state index contributed by atoms with van der Waals surface area (Å²) in [4.78, 5) is 13.0. The molecule has 1 amide bonds. The zero-order valence-electron chi connectivity index (χ0n) is 16.3. The molecule has 4 rings (SSSR count). The maximum absolute atomic E-state index is 13.0. The molecular formula is C23H29N2O2+. The van der Waals surface area contributed by atoms with Crippen LogP contribution in [-0.4, -0.2) is 36.6 Å². The topological polar surface area (TPSA) is 38.3 Å². The van der Waals surface area contributed by atoms with E-state index >= 15 is 0 Å². The fourth-order valence-corrected chi connectivity index (χ4v) is 4.45. The average Bonchev–Trinajstić information content (AvgIpc) is 2.68. The second-order valence-electron chi connectivity index (χ2n) is 8.22. The first-order valence-electron chi connectivity index (χ1n) is 10.1. The van der Waals surface area contributed by atoms with E-state index in [4.69, 9.17) is 4.74 Å². The van der Waals surface area contributed by atoms with Crippen molar-refractivity contribution < 1.29 is 14.0 Å². The zero-order valence-corrected chi connectivity index (χ0v) is 16.3. The number of carbonyl (C=O) groups excluding carboxylic acids is 1. The summed E-state index contributed by atoms with van der Waals surface area (Å²) in [5, 5.41) is 3.29. The Labute approximate surface area is 161 Å². The Bertz CT molecular complexity index is 781. The molecule has 1 atom stereocenters. The Morgan fingerprint density at radius 2 is 1.59 bits per heavy atom. The van der Waals surface area contributed by atoms with Gasteiger partial charge >= 0.3 is 0 Å². The van der Waals surface area contributed by atoms with Crippen molar-refractivity contribution in [1.82, 2.24) is 5.32 Å². The summed E-state index contributed by atoms with van der Waals surface area (Å²) in [6, 6.07) is 16.1. The summed E-state index contributed by atoms with van der Waals surface area (Å²) >= 11 is 0. The van der Waals surface area contributed by atoms with Gasteiger partial charge in [-0.3, -0.25) is 4.79 Å². The third kappa shape index (κ3) is 3.59. The molecule has 0 aromatic heterocycles. The van der Waals surface area contributed by atoms with Crippen molar-refractivity contribution in [3.05, 3.63) is 59.7 Å². The van der Waals surface area contributed by atoms with Crippen LogP contribution in [0.15, 0.2) is 48.5 Å². The Morgan fingerprint density at radius 3 is 2.19 bits per heavy atom. The molecule has 2 aromatic carbocycles. The van der Waals surface area contributed by atoms with E-state index in [2.05, 4.69) is 19.3 Å². The van der Waals surface area contributed by atoms with Crippen LogP contribution >= 0.6 is 0 Å². The number of ether oxygens (including phenoxy) is 1. The highest BCUT2D eigenvalue weighted by Gasteiger charge is 2.34. The number of quaternary nitrogens is 1. The predicted molar refractivity (Wildman–Crippen MR) is 107 cm³/mol. The molecule has 4 nitrogen and oxygen atoms in total. The highest BCUT2D eigenvalue weighted by molar-refractivity contribution is 5.78. The maximum Gasteiger partial charge on any atom is 0.226 e. The highest BCUT2D eigenvalue weighted by Crippen LogP contribution is 2.42. The van der Waals surface area contributed by atoms with Crippen molar-refractivity contribution in [2.45, 2.75) is 44.7 Å². The Kier molecular flexibility index (Phi) is 4.92. The van der Waals surface area contributed by atoms with E-state index in [1.54, 1.807) is 0 Å². The van der Waals surface area contributed by atoms with Crippen LogP contribution in [0.25, 0.3) is 0 Å². The number of nitrogens with one attached hydrogen (secondary N) is 1. The van der Waals surface area contributed by atoms with Crippen molar-refractivity contribution >= 4 is 5.91 Å². The third-order valence-corrected chi connectivity index (χ3v) is 6.37. The van der Waals surface area contributed by atoms with Crippen LogP contribution in [0.5, 0.6) is 11.5 Å². The summed E-state index contributed by atoms with van der Waals surface area (Å²) in [5.41, 5.74) is 2.05. The van der Waals surface area contributed by atoms with E-state index in [0.717, 1.165) is 27.1 Å². The summed E-state index contributed by atoms with van der Waals surface area (Å²) in [6.45, 7) is 4.57. The van der Waals surface area contributed by atoms with Crippen molar-refractivity contribution in [2.24, 2.45) is 0 Å². The molecule has 2 heterocycles. The average molecular weight is 365 g/mol. The van der Waals surface area contributed by atoms with E-state index in [1.807, 2.05) is 48.5 Å². The second kappa shape index (κ2) is 7.35. The summed E-state index contributed by atoms with van der Waals surface area (Å²) in [6.07, 6.45) is 4.41. The van der Waals surface area contributed by atoms with Crippen LogP contribution in [0.1, 0.15) is 49.8 Å². The molecule has 0 saturated carbocycles. The number of rotatable bonds is 4. The Balaban J connectivity index is 1.53. The van der Waals surface area contributed by atoms with Gasteiger partial charge in [-0.15, -0.1) is 0 Å². The number of hydrogen-bond donors (Lipinski definition) is 1. The van der Waals surface area contributed by atoms with Crippen molar-refractivity contribution in [3.63, 3.8) is 0 Å².